The van der Waals surface area contributed by atoms with Crippen molar-refractivity contribution in [2.75, 3.05) is 13.1 Å². The molecule has 0 bridgehead atoms. The van der Waals surface area contributed by atoms with Crippen molar-refractivity contribution in [2.45, 2.75) is 26.4 Å². The molecule has 0 N–H and O–H groups in total. The van der Waals surface area contributed by atoms with E-state index >= 15 is 0 Å². The summed E-state index contributed by atoms with van der Waals surface area (Å²) < 4.78 is 1.99. The van der Waals surface area contributed by atoms with Crippen LogP contribution in [0, 0.1) is 10.1 Å². The highest BCUT2D eigenvalue weighted by molar-refractivity contribution is 6.15. The van der Waals surface area contributed by atoms with Crippen LogP contribution in [0.5, 0.6) is 0 Å². The van der Waals surface area contributed by atoms with Gasteiger partial charge in [0.2, 0.25) is 0 Å². The molecule has 0 aliphatic carbocycles. The maximum Gasteiger partial charge on any atom is 0.270 e. The molecule has 4 rings (SSSR count). The van der Waals surface area contributed by atoms with E-state index in [0.29, 0.717) is 30.2 Å². The minimum atomic E-state index is -0.380. The molecule has 1 aliphatic rings. The highest BCUT2D eigenvalue weighted by Gasteiger charge is 2.25. The zero-order valence-corrected chi connectivity index (χ0v) is 17.4. The van der Waals surface area contributed by atoms with Crippen LogP contribution in [0.2, 0.25) is 0 Å². The van der Waals surface area contributed by atoms with Crippen LogP contribution in [0.4, 0.5) is 5.69 Å². The number of aromatic nitrogens is 3. The van der Waals surface area contributed by atoms with Crippen molar-refractivity contribution in [1.29, 1.82) is 0 Å². The molecule has 0 unspecified atom stereocenters. The van der Waals surface area contributed by atoms with Crippen LogP contribution in [0.1, 0.15) is 36.1 Å². The Kier molecular flexibility index (Phi) is 5.99. The van der Waals surface area contributed by atoms with Gasteiger partial charge in [-0.2, -0.15) is 0 Å². The molecule has 0 fully saturated rings. The lowest BCUT2D eigenvalue weighted by Crippen LogP contribution is -2.26. The summed E-state index contributed by atoms with van der Waals surface area (Å²) in [7, 11) is 0. The molecule has 8 heteroatoms. The Balaban J connectivity index is 1.85. The average molecular weight is 416 g/mol. The van der Waals surface area contributed by atoms with Crippen molar-refractivity contribution in [3.05, 3.63) is 94.1 Å². The summed E-state index contributed by atoms with van der Waals surface area (Å²) in [5.41, 5.74) is 3.15. The van der Waals surface area contributed by atoms with Crippen LogP contribution in [0.15, 0.2) is 66.2 Å². The summed E-state index contributed by atoms with van der Waals surface area (Å²) >= 11 is 0. The molecular weight excluding hydrogens is 392 g/mol. The second-order valence-electron chi connectivity index (χ2n) is 7.38. The average Bonchev–Trinajstić information content (AvgIpc) is 3.09. The Morgan fingerprint density at radius 2 is 2.03 bits per heavy atom. The van der Waals surface area contributed by atoms with Gasteiger partial charge in [0, 0.05) is 29.8 Å². The van der Waals surface area contributed by atoms with Crippen LogP contribution < -0.4 is 0 Å². The smallest absolute Gasteiger partial charge is 0.270 e. The number of benzene rings is 2. The van der Waals surface area contributed by atoms with Gasteiger partial charge in [0.05, 0.1) is 22.9 Å². The Hall–Kier alpha value is -3.65. The summed E-state index contributed by atoms with van der Waals surface area (Å²) in [4.78, 5) is 18.1. The number of nitro benzene ring substituents is 1. The molecule has 2 aromatic carbocycles. The van der Waals surface area contributed by atoms with E-state index in [2.05, 4.69) is 28.6 Å². The fraction of sp³-hybridized carbons (Fsp3) is 0.261. The number of hydrogen-bond donors (Lipinski definition) is 0. The van der Waals surface area contributed by atoms with Crippen molar-refractivity contribution in [3.63, 3.8) is 0 Å². The Morgan fingerprint density at radius 3 is 2.74 bits per heavy atom. The second-order valence-corrected chi connectivity index (χ2v) is 7.38. The highest BCUT2D eigenvalue weighted by atomic mass is 16.6. The molecule has 31 heavy (non-hydrogen) atoms. The number of hydrogen-bond acceptors (Lipinski definition) is 6. The van der Waals surface area contributed by atoms with Gasteiger partial charge in [-0.3, -0.25) is 24.6 Å². The number of nitro groups is 1. The Morgan fingerprint density at radius 1 is 1.23 bits per heavy atom. The van der Waals surface area contributed by atoms with Crippen molar-refractivity contribution in [2.24, 2.45) is 4.99 Å². The molecule has 1 aromatic heterocycles. The Labute approximate surface area is 180 Å². The molecule has 1 aliphatic heterocycles. The van der Waals surface area contributed by atoms with E-state index in [1.54, 1.807) is 12.1 Å². The summed E-state index contributed by atoms with van der Waals surface area (Å²) in [6.45, 7) is 8.59. The third-order valence-electron chi connectivity index (χ3n) is 5.20. The fourth-order valence-corrected chi connectivity index (χ4v) is 3.87. The molecule has 0 saturated heterocycles. The van der Waals surface area contributed by atoms with Gasteiger partial charge < -0.3 is 0 Å². The first-order valence-corrected chi connectivity index (χ1v) is 10.3. The summed E-state index contributed by atoms with van der Waals surface area (Å²) in [6, 6.07) is 14.6. The van der Waals surface area contributed by atoms with Crippen LogP contribution in [-0.2, 0) is 13.1 Å². The summed E-state index contributed by atoms with van der Waals surface area (Å²) in [5, 5.41) is 20.3. The number of non-ortho nitro benzene ring substituents is 1. The van der Waals surface area contributed by atoms with Gasteiger partial charge in [0.15, 0.2) is 11.6 Å². The van der Waals surface area contributed by atoms with Crippen LogP contribution in [0.25, 0.3) is 5.69 Å². The molecule has 0 atom stereocenters. The van der Waals surface area contributed by atoms with Crippen molar-refractivity contribution in [1.82, 2.24) is 19.7 Å². The molecule has 0 radical (unpaired) electrons. The van der Waals surface area contributed by atoms with Gasteiger partial charge in [-0.1, -0.05) is 43.3 Å². The normalized spacial score (nSPS) is 12.6. The lowest BCUT2D eigenvalue weighted by atomic mass is 10.00. The molecule has 8 nitrogen and oxygen atoms in total. The third kappa shape index (κ3) is 4.15. The first-order chi connectivity index (χ1) is 15.1. The maximum atomic E-state index is 11.5. The largest absolute Gasteiger partial charge is 0.292 e. The van der Waals surface area contributed by atoms with E-state index in [0.717, 1.165) is 36.6 Å². The molecule has 0 spiro atoms. The standard InChI is InChI=1S/C23H24N6O2/c1-3-12-27(13-4-2)16-22-26-25-21-15-24-23(17-8-6-5-7-9-17)19-14-18(29(30)31)10-11-20(19)28(21)22/h3,5-11,14H,1,4,12-13,15-16H2,2H3. The van der Waals surface area contributed by atoms with E-state index in [1.165, 1.54) is 6.07 Å². The number of nitrogens with zero attached hydrogens (tertiary/aromatic N) is 6. The van der Waals surface area contributed by atoms with Crippen molar-refractivity contribution in [3.8, 4) is 5.69 Å². The molecule has 0 saturated carbocycles. The zero-order chi connectivity index (χ0) is 21.8. The van der Waals surface area contributed by atoms with Gasteiger partial charge in [-0.15, -0.1) is 16.8 Å². The number of fused-ring (bicyclic) bond motifs is 3. The predicted molar refractivity (Wildman–Crippen MR) is 120 cm³/mol. The SMILES string of the molecule is C=CCN(CCC)Cc1nnc2n1-c1ccc([N+](=O)[O-])cc1C(c1ccccc1)=NC2. The molecular formula is C23H24N6O2. The number of aliphatic imine (C=N–C) groups is 1. The van der Waals surface area contributed by atoms with E-state index in [4.69, 9.17) is 4.99 Å². The fourth-order valence-electron chi connectivity index (χ4n) is 3.87. The lowest BCUT2D eigenvalue weighted by Gasteiger charge is -2.20. The van der Waals surface area contributed by atoms with Crippen LogP contribution in [0.3, 0.4) is 0 Å². The monoisotopic (exact) mass is 416 g/mol. The number of rotatable bonds is 8. The second kappa shape index (κ2) is 9.01. The molecule has 2 heterocycles. The minimum absolute atomic E-state index is 0.0275. The minimum Gasteiger partial charge on any atom is -0.292 e. The first kappa shape index (κ1) is 20.6. The molecule has 158 valence electrons. The van der Waals surface area contributed by atoms with E-state index in [9.17, 15) is 10.1 Å². The topological polar surface area (TPSA) is 89.5 Å². The maximum absolute atomic E-state index is 11.5. The van der Waals surface area contributed by atoms with E-state index in [1.807, 2.05) is 41.0 Å². The van der Waals surface area contributed by atoms with Crippen LogP contribution in [-0.4, -0.2) is 43.4 Å². The van der Waals surface area contributed by atoms with Gasteiger partial charge >= 0.3 is 0 Å². The van der Waals surface area contributed by atoms with Gasteiger partial charge in [-0.25, -0.2) is 0 Å². The van der Waals surface area contributed by atoms with Gasteiger partial charge in [-0.05, 0) is 19.0 Å². The summed E-state index contributed by atoms with van der Waals surface area (Å²) in [6.07, 6.45) is 2.89. The van der Waals surface area contributed by atoms with E-state index in [-0.39, 0.29) is 10.6 Å². The zero-order valence-electron chi connectivity index (χ0n) is 17.4. The Bertz CT molecular complexity index is 1140. The quantitative estimate of drug-likeness (QED) is 0.315. The van der Waals surface area contributed by atoms with E-state index < -0.39 is 0 Å². The molecule has 3 aromatic rings. The van der Waals surface area contributed by atoms with Crippen molar-refractivity contribution < 1.29 is 4.92 Å². The highest BCUT2D eigenvalue weighted by Crippen LogP contribution is 2.29. The summed E-state index contributed by atoms with van der Waals surface area (Å²) in [5.74, 6) is 1.50. The molecule has 0 amide bonds. The third-order valence-corrected chi connectivity index (χ3v) is 5.20. The van der Waals surface area contributed by atoms with Crippen LogP contribution >= 0.6 is 0 Å². The lowest BCUT2D eigenvalue weighted by molar-refractivity contribution is -0.384. The van der Waals surface area contributed by atoms with Crippen molar-refractivity contribution >= 4 is 11.4 Å². The van der Waals surface area contributed by atoms with Gasteiger partial charge in [0.1, 0.15) is 6.54 Å². The first-order valence-electron chi connectivity index (χ1n) is 10.3. The van der Waals surface area contributed by atoms with Gasteiger partial charge in [0.25, 0.3) is 5.69 Å². The predicted octanol–water partition coefficient (Wildman–Crippen LogP) is 3.92.